The fourth-order valence-electron chi connectivity index (χ4n) is 1.01. The van der Waals surface area contributed by atoms with Crippen LogP contribution in [0, 0.1) is 5.41 Å². The number of carbonyl (C=O) groups excluding carboxylic acids is 2. The van der Waals surface area contributed by atoms with E-state index in [9.17, 15) is 19.8 Å². The molecule has 6 heteroatoms. The molecule has 0 aliphatic carbocycles. The first-order chi connectivity index (χ1) is 7.12. The molecule has 3 atom stereocenters. The molecular weight excluding hydrogens is 216 g/mol. The van der Waals surface area contributed by atoms with Crippen LogP contribution in [0.25, 0.3) is 0 Å². The Morgan fingerprint density at radius 3 is 1.81 bits per heavy atom. The molecule has 0 radical (unpaired) electrons. The first kappa shape index (κ1) is 15.2. The molecule has 0 saturated carbocycles. The lowest BCUT2D eigenvalue weighted by Gasteiger charge is -2.28. The molecule has 0 saturated heterocycles. The van der Waals surface area contributed by atoms with Crippen molar-refractivity contribution in [3.8, 4) is 0 Å². The van der Waals surface area contributed by atoms with Gasteiger partial charge in [0.25, 0.3) is 0 Å². The van der Waals surface area contributed by atoms with Crippen LogP contribution in [0.3, 0.4) is 0 Å². The van der Waals surface area contributed by atoms with E-state index >= 15 is 0 Å². The molecule has 0 amide bonds. The molecular formula is C10H18O6. The largest absolute Gasteiger partial charge is 0.393 e. The van der Waals surface area contributed by atoms with Crippen LogP contribution in [-0.4, -0.2) is 56.9 Å². The third-order valence-electron chi connectivity index (χ3n) is 2.17. The zero-order valence-electron chi connectivity index (χ0n) is 9.54. The van der Waals surface area contributed by atoms with Gasteiger partial charge >= 0.3 is 0 Å². The second-order valence-electron chi connectivity index (χ2n) is 4.68. The molecule has 94 valence electrons. The van der Waals surface area contributed by atoms with E-state index in [1.807, 2.05) is 0 Å². The zero-order chi connectivity index (χ0) is 13.1. The van der Waals surface area contributed by atoms with E-state index in [2.05, 4.69) is 0 Å². The third-order valence-corrected chi connectivity index (χ3v) is 2.17. The van der Waals surface area contributed by atoms with Gasteiger partial charge < -0.3 is 20.4 Å². The molecule has 0 spiro atoms. The first-order valence-electron chi connectivity index (χ1n) is 4.86. The number of rotatable bonds is 5. The molecule has 6 nitrogen and oxygen atoms in total. The summed E-state index contributed by atoms with van der Waals surface area (Å²) in [5.74, 6) is -2.61. The number of aliphatic hydroxyl groups excluding tert-OH is 4. The van der Waals surface area contributed by atoms with Crippen LogP contribution in [0.15, 0.2) is 0 Å². The smallest absolute Gasteiger partial charge is 0.232 e. The highest BCUT2D eigenvalue weighted by Crippen LogP contribution is 2.22. The van der Waals surface area contributed by atoms with Crippen LogP contribution in [-0.2, 0) is 9.59 Å². The Kier molecular flexibility index (Phi) is 5.21. The fraction of sp³-hybridized carbons (Fsp3) is 0.800. The summed E-state index contributed by atoms with van der Waals surface area (Å²) in [7, 11) is 0. The molecule has 0 aromatic carbocycles. The molecule has 0 heterocycles. The maximum atomic E-state index is 11.3. The van der Waals surface area contributed by atoms with E-state index in [0.29, 0.717) is 0 Å². The lowest BCUT2D eigenvalue weighted by Crippen LogP contribution is -2.48. The molecule has 0 aliphatic rings. The van der Waals surface area contributed by atoms with Crippen LogP contribution in [0.4, 0.5) is 0 Å². The highest BCUT2D eigenvalue weighted by atomic mass is 16.3. The summed E-state index contributed by atoms with van der Waals surface area (Å²) in [6, 6.07) is 0. The normalized spacial score (nSPS) is 17.7. The monoisotopic (exact) mass is 234 g/mol. The zero-order valence-corrected chi connectivity index (χ0v) is 9.54. The Bertz CT molecular complexity index is 267. The van der Waals surface area contributed by atoms with Gasteiger partial charge in [-0.1, -0.05) is 20.8 Å². The molecule has 0 rings (SSSR count). The van der Waals surface area contributed by atoms with Crippen LogP contribution in [0.2, 0.25) is 0 Å². The van der Waals surface area contributed by atoms with Crippen molar-refractivity contribution in [1.82, 2.24) is 0 Å². The lowest BCUT2D eigenvalue weighted by atomic mass is 9.83. The second kappa shape index (κ2) is 5.49. The van der Waals surface area contributed by atoms with Gasteiger partial charge in [0.05, 0.1) is 12.7 Å². The van der Waals surface area contributed by atoms with E-state index < -0.39 is 41.9 Å². The minimum atomic E-state index is -1.89. The van der Waals surface area contributed by atoms with Crippen LogP contribution < -0.4 is 0 Å². The van der Waals surface area contributed by atoms with Crippen molar-refractivity contribution in [3.63, 3.8) is 0 Å². The lowest BCUT2D eigenvalue weighted by molar-refractivity contribution is -0.153. The second-order valence-corrected chi connectivity index (χ2v) is 4.68. The Morgan fingerprint density at radius 2 is 1.50 bits per heavy atom. The highest BCUT2D eigenvalue weighted by Gasteiger charge is 2.38. The molecule has 0 aromatic rings. The summed E-state index contributed by atoms with van der Waals surface area (Å²) >= 11 is 0. The quantitative estimate of drug-likeness (QED) is 0.419. The average molecular weight is 234 g/mol. The summed E-state index contributed by atoms with van der Waals surface area (Å²) in [5.41, 5.74) is -0.778. The Morgan fingerprint density at radius 1 is 1.06 bits per heavy atom. The fourth-order valence-corrected chi connectivity index (χ4v) is 1.01. The summed E-state index contributed by atoms with van der Waals surface area (Å²) in [5, 5.41) is 36.4. The minimum Gasteiger partial charge on any atom is -0.393 e. The topological polar surface area (TPSA) is 115 Å². The van der Waals surface area contributed by atoms with Gasteiger partial charge in [0.1, 0.15) is 12.2 Å². The molecule has 0 aromatic heterocycles. The molecule has 0 aliphatic heterocycles. The van der Waals surface area contributed by atoms with Crippen molar-refractivity contribution in [2.45, 2.75) is 39.1 Å². The predicted molar refractivity (Wildman–Crippen MR) is 54.6 cm³/mol. The van der Waals surface area contributed by atoms with E-state index in [4.69, 9.17) is 10.2 Å². The number of Topliss-reactive ketones (excluding diaryl/α,β-unsaturated/α-hetero) is 2. The summed E-state index contributed by atoms with van der Waals surface area (Å²) in [6.07, 6.45) is -5.17. The molecule has 0 fully saturated rings. The van der Waals surface area contributed by atoms with Gasteiger partial charge in [-0.05, 0) is 5.41 Å². The van der Waals surface area contributed by atoms with Gasteiger partial charge in [-0.15, -0.1) is 0 Å². The Labute approximate surface area is 93.5 Å². The van der Waals surface area contributed by atoms with Crippen molar-refractivity contribution >= 4 is 11.6 Å². The van der Waals surface area contributed by atoms with Crippen LogP contribution >= 0.6 is 0 Å². The summed E-state index contributed by atoms with van der Waals surface area (Å²) in [4.78, 5) is 22.4. The van der Waals surface area contributed by atoms with Gasteiger partial charge in [0, 0.05) is 0 Å². The van der Waals surface area contributed by atoms with E-state index in [1.54, 1.807) is 20.8 Å². The summed E-state index contributed by atoms with van der Waals surface area (Å²) < 4.78 is 0. The number of ketones is 2. The average Bonchev–Trinajstić information content (AvgIpc) is 2.22. The third kappa shape index (κ3) is 3.64. The van der Waals surface area contributed by atoms with E-state index in [-0.39, 0.29) is 0 Å². The van der Waals surface area contributed by atoms with Gasteiger partial charge in [-0.2, -0.15) is 0 Å². The SMILES string of the molecule is CC(C)(C)C(O)[C@@H](O)C(=O)C(=O)C(O)CO. The van der Waals surface area contributed by atoms with Crippen molar-refractivity contribution in [1.29, 1.82) is 0 Å². The number of carbonyl (C=O) groups is 2. The van der Waals surface area contributed by atoms with Crippen LogP contribution in [0.5, 0.6) is 0 Å². The number of hydrogen-bond acceptors (Lipinski definition) is 6. The minimum absolute atomic E-state index is 0.778. The number of hydrogen-bond donors (Lipinski definition) is 4. The Hall–Kier alpha value is -0.820. The van der Waals surface area contributed by atoms with Crippen molar-refractivity contribution in [2.75, 3.05) is 6.61 Å². The molecule has 0 bridgehead atoms. The molecule has 16 heavy (non-hydrogen) atoms. The van der Waals surface area contributed by atoms with E-state index in [1.165, 1.54) is 0 Å². The van der Waals surface area contributed by atoms with Gasteiger partial charge in [0.2, 0.25) is 11.6 Å². The molecule has 4 N–H and O–H groups in total. The van der Waals surface area contributed by atoms with Crippen molar-refractivity contribution < 1.29 is 30.0 Å². The molecule has 2 unspecified atom stereocenters. The summed E-state index contributed by atoms with van der Waals surface area (Å²) in [6.45, 7) is 3.85. The maximum Gasteiger partial charge on any atom is 0.232 e. The predicted octanol–water partition coefficient (Wildman–Crippen LogP) is -1.75. The number of aliphatic hydroxyl groups is 4. The van der Waals surface area contributed by atoms with Crippen LogP contribution in [0.1, 0.15) is 20.8 Å². The van der Waals surface area contributed by atoms with Crippen molar-refractivity contribution in [3.05, 3.63) is 0 Å². The standard InChI is InChI=1S/C10H18O6/c1-10(2,3)9(16)8(15)7(14)6(13)5(12)4-11/h5,8-9,11-12,15-16H,4H2,1-3H3/t5?,8-,9?/m0/s1. The van der Waals surface area contributed by atoms with Gasteiger partial charge in [0.15, 0.2) is 0 Å². The Balaban J connectivity index is 4.69. The maximum absolute atomic E-state index is 11.3. The highest BCUT2D eigenvalue weighted by molar-refractivity contribution is 6.40. The van der Waals surface area contributed by atoms with Gasteiger partial charge in [-0.25, -0.2) is 0 Å². The van der Waals surface area contributed by atoms with Gasteiger partial charge in [-0.3, -0.25) is 9.59 Å². The first-order valence-corrected chi connectivity index (χ1v) is 4.86. The van der Waals surface area contributed by atoms with Crippen molar-refractivity contribution in [2.24, 2.45) is 5.41 Å². The van der Waals surface area contributed by atoms with E-state index in [0.717, 1.165) is 0 Å².